The molecule has 0 heterocycles. The molecule has 0 saturated heterocycles. The van der Waals surface area contributed by atoms with Crippen molar-refractivity contribution in [1.29, 1.82) is 0 Å². The van der Waals surface area contributed by atoms with E-state index >= 15 is 0 Å². The van der Waals surface area contributed by atoms with Gasteiger partial charge in [0.15, 0.2) is 0 Å². The van der Waals surface area contributed by atoms with Crippen molar-refractivity contribution in [3.63, 3.8) is 0 Å². The van der Waals surface area contributed by atoms with Gasteiger partial charge >= 0.3 is 0 Å². The number of rotatable bonds is 7. The third-order valence-electron chi connectivity index (χ3n) is 2.64. The zero-order valence-electron chi connectivity index (χ0n) is 9.98. The summed E-state index contributed by atoms with van der Waals surface area (Å²) in [6, 6.07) is 3.51. The van der Waals surface area contributed by atoms with Gasteiger partial charge in [-0.2, -0.15) is 0 Å². The molecule has 0 amide bonds. The first-order chi connectivity index (χ1) is 8.13. The number of nitrogens with one attached hydrogen (secondary N) is 1. The summed E-state index contributed by atoms with van der Waals surface area (Å²) < 4.78 is 26.1. The van der Waals surface area contributed by atoms with Crippen LogP contribution in [0.25, 0.3) is 0 Å². The van der Waals surface area contributed by atoms with E-state index in [9.17, 15) is 8.78 Å². The minimum atomic E-state index is -0.404. The molecule has 17 heavy (non-hydrogen) atoms. The Morgan fingerprint density at radius 2 is 2.12 bits per heavy atom. The molecule has 1 nitrogen and oxygen atoms in total. The highest BCUT2D eigenvalue weighted by atomic mass is 35.5. The second-order valence-electron chi connectivity index (χ2n) is 4.31. The Balaban J connectivity index is 2.24. The summed E-state index contributed by atoms with van der Waals surface area (Å²) in [7, 11) is 0. The van der Waals surface area contributed by atoms with Crippen LogP contribution in [0.5, 0.6) is 0 Å². The van der Waals surface area contributed by atoms with Crippen LogP contribution >= 0.6 is 11.6 Å². The predicted octanol–water partition coefficient (Wildman–Crippen LogP) is 3.71. The molecule has 96 valence electrons. The van der Waals surface area contributed by atoms with Gasteiger partial charge in [-0.05, 0) is 43.5 Å². The van der Waals surface area contributed by atoms with Crippen molar-refractivity contribution in [2.45, 2.75) is 26.3 Å². The molecular weight excluding hydrogens is 244 g/mol. The number of benzene rings is 1. The lowest BCUT2D eigenvalue weighted by atomic mass is 10.1. The zero-order chi connectivity index (χ0) is 12.7. The molecule has 0 aliphatic heterocycles. The number of halogens is 3. The van der Waals surface area contributed by atoms with Crippen LogP contribution in [-0.4, -0.2) is 12.4 Å². The highest BCUT2D eigenvalue weighted by Gasteiger charge is 2.03. The van der Waals surface area contributed by atoms with Crippen LogP contribution in [0.15, 0.2) is 18.2 Å². The first kappa shape index (κ1) is 14.4. The van der Waals surface area contributed by atoms with E-state index in [1.165, 1.54) is 6.07 Å². The molecule has 0 aliphatic rings. The lowest BCUT2D eigenvalue weighted by Gasteiger charge is -2.08. The van der Waals surface area contributed by atoms with Gasteiger partial charge in [-0.15, -0.1) is 11.6 Å². The minimum absolute atomic E-state index is 0.360. The van der Waals surface area contributed by atoms with Crippen molar-refractivity contribution in [3.8, 4) is 0 Å². The monoisotopic (exact) mass is 261 g/mol. The van der Waals surface area contributed by atoms with Crippen LogP contribution in [0, 0.1) is 17.6 Å². The summed E-state index contributed by atoms with van der Waals surface area (Å²) in [5, 5.41) is 3.10. The molecule has 1 N–H and O–H groups in total. The van der Waals surface area contributed by atoms with Crippen molar-refractivity contribution in [1.82, 2.24) is 5.32 Å². The number of hydrogen-bond donors (Lipinski definition) is 1. The third kappa shape index (κ3) is 5.46. The van der Waals surface area contributed by atoms with Gasteiger partial charge in [-0.25, -0.2) is 8.78 Å². The molecule has 1 rings (SSSR count). The first-order valence-corrected chi connectivity index (χ1v) is 6.37. The Bertz CT molecular complexity index is 344. The second kappa shape index (κ2) is 7.62. The van der Waals surface area contributed by atoms with Gasteiger partial charge in [0.2, 0.25) is 0 Å². The van der Waals surface area contributed by atoms with Crippen molar-refractivity contribution in [3.05, 3.63) is 35.4 Å². The molecule has 0 bridgehead atoms. The Morgan fingerprint density at radius 3 is 2.82 bits per heavy atom. The van der Waals surface area contributed by atoms with E-state index in [-0.39, 0.29) is 5.82 Å². The third-order valence-corrected chi connectivity index (χ3v) is 3.16. The lowest BCUT2D eigenvalue weighted by molar-refractivity contribution is 0.521. The molecule has 1 atom stereocenters. The van der Waals surface area contributed by atoms with Crippen molar-refractivity contribution in [2.75, 3.05) is 12.4 Å². The van der Waals surface area contributed by atoms with Gasteiger partial charge in [-0.1, -0.05) is 6.92 Å². The first-order valence-electron chi connectivity index (χ1n) is 5.84. The fourth-order valence-electron chi connectivity index (χ4n) is 1.55. The summed E-state index contributed by atoms with van der Waals surface area (Å²) in [4.78, 5) is 0. The van der Waals surface area contributed by atoms with Crippen LogP contribution in [0.4, 0.5) is 8.78 Å². The Kier molecular flexibility index (Phi) is 6.45. The Labute approximate surface area is 106 Å². The van der Waals surface area contributed by atoms with E-state index in [0.29, 0.717) is 23.9 Å². The fraction of sp³-hybridized carbons (Fsp3) is 0.538. The Hall–Kier alpha value is -0.670. The molecule has 0 aromatic heterocycles. The highest BCUT2D eigenvalue weighted by molar-refractivity contribution is 6.18. The minimum Gasteiger partial charge on any atom is -0.313 e. The maximum Gasteiger partial charge on any atom is 0.127 e. The summed E-state index contributed by atoms with van der Waals surface area (Å²) in [5.74, 6) is 0.398. The van der Waals surface area contributed by atoms with Gasteiger partial charge < -0.3 is 5.32 Å². The van der Waals surface area contributed by atoms with E-state index in [2.05, 4.69) is 12.2 Å². The quantitative estimate of drug-likeness (QED) is 0.583. The van der Waals surface area contributed by atoms with Crippen LogP contribution in [0.3, 0.4) is 0 Å². The molecule has 0 spiro atoms. The maximum absolute atomic E-state index is 13.2. The SMILES string of the molecule is CC(CCl)CCCNCc1cc(F)ccc1F. The van der Waals surface area contributed by atoms with Crippen LogP contribution < -0.4 is 5.32 Å². The van der Waals surface area contributed by atoms with E-state index in [1.54, 1.807) is 0 Å². The molecule has 0 radical (unpaired) electrons. The van der Waals surface area contributed by atoms with Crippen LogP contribution in [-0.2, 0) is 6.54 Å². The van der Waals surface area contributed by atoms with Gasteiger partial charge in [0.1, 0.15) is 11.6 Å². The molecule has 0 aliphatic carbocycles. The lowest BCUT2D eigenvalue weighted by Crippen LogP contribution is -2.16. The summed E-state index contributed by atoms with van der Waals surface area (Å²) in [5.41, 5.74) is 0.371. The van der Waals surface area contributed by atoms with Crippen molar-refractivity contribution in [2.24, 2.45) is 5.92 Å². The van der Waals surface area contributed by atoms with Gasteiger partial charge in [0, 0.05) is 18.0 Å². The second-order valence-corrected chi connectivity index (χ2v) is 4.62. The van der Waals surface area contributed by atoms with Crippen LogP contribution in [0.1, 0.15) is 25.3 Å². The molecule has 0 fully saturated rings. The molecular formula is C13H18ClF2N. The normalized spacial score (nSPS) is 12.7. The number of alkyl halides is 1. The van der Waals surface area contributed by atoms with Crippen molar-refractivity contribution < 1.29 is 8.78 Å². The molecule has 1 unspecified atom stereocenters. The van der Waals surface area contributed by atoms with Gasteiger partial charge in [0.25, 0.3) is 0 Å². The average molecular weight is 262 g/mol. The average Bonchev–Trinajstić information content (AvgIpc) is 2.32. The summed E-state index contributed by atoms with van der Waals surface area (Å²) in [6.07, 6.45) is 2.03. The van der Waals surface area contributed by atoms with E-state index in [0.717, 1.165) is 31.5 Å². The number of hydrogen-bond acceptors (Lipinski definition) is 1. The van der Waals surface area contributed by atoms with E-state index < -0.39 is 5.82 Å². The van der Waals surface area contributed by atoms with Crippen LogP contribution in [0.2, 0.25) is 0 Å². The van der Waals surface area contributed by atoms with Gasteiger partial charge in [0.05, 0.1) is 0 Å². The van der Waals surface area contributed by atoms with Crippen molar-refractivity contribution >= 4 is 11.6 Å². The largest absolute Gasteiger partial charge is 0.313 e. The molecule has 1 aromatic carbocycles. The Morgan fingerprint density at radius 1 is 1.35 bits per heavy atom. The van der Waals surface area contributed by atoms with Gasteiger partial charge in [-0.3, -0.25) is 0 Å². The zero-order valence-corrected chi connectivity index (χ0v) is 10.7. The predicted molar refractivity (Wildman–Crippen MR) is 67.2 cm³/mol. The van der Waals surface area contributed by atoms with E-state index in [1.807, 2.05) is 0 Å². The highest BCUT2D eigenvalue weighted by Crippen LogP contribution is 2.10. The topological polar surface area (TPSA) is 12.0 Å². The van der Waals surface area contributed by atoms with E-state index in [4.69, 9.17) is 11.6 Å². The smallest absolute Gasteiger partial charge is 0.127 e. The summed E-state index contributed by atoms with van der Waals surface area (Å²) in [6.45, 7) is 3.25. The molecule has 1 aromatic rings. The molecule has 4 heteroatoms. The summed E-state index contributed by atoms with van der Waals surface area (Å²) >= 11 is 5.69. The maximum atomic E-state index is 13.2. The standard InChI is InChI=1S/C13H18ClF2N/c1-10(8-14)3-2-6-17-9-11-7-12(15)4-5-13(11)16/h4-5,7,10,17H,2-3,6,8-9H2,1H3. The molecule has 0 saturated carbocycles. The fourth-order valence-corrected chi connectivity index (χ4v) is 1.71.